The highest BCUT2D eigenvalue weighted by atomic mass is 35.5. The van der Waals surface area contributed by atoms with Gasteiger partial charge in [0.1, 0.15) is 17.7 Å². The minimum atomic E-state index is -0.655. The molecule has 0 saturated heterocycles. The van der Waals surface area contributed by atoms with E-state index in [9.17, 15) is 14.0 Å². The van der Waals surface area contributed by atoms with Crippen molar-refractivity contribution < 1.29 is 9.18 Å². The normalized spacial score (nSPS) is 12.1. The van der Waals surface area contributed by atoms with E-state index >= 15 is 0 Å². The third-order valence-corrected chi connectivity index (χ3v) is 5.17. The van der Waals surface area contributed by atoms with E-state index in [0.29, 0.717) is 28.0 Å². The molecule has 0 saturated carbocycles. The van der Waals surface area contributed by atoms with E-state index in [1.165, 1.54) is 23.0 Å². The molecule has 1 atom stereocenters. The largest absolute Gasteiger partial charge is 0.368 e. The van der Waals surface area contributed by atoms with Crippen LogP contribution in [0.2, 0.25) is 5.02 Å². The molecular formula is C21H18ClFN6O2. The number of nitrogens with one attached hydrogen (secondary N) is 1. The predicted molar refractivity (Wildman–Crippen MR) is 116 cm³/mol. The number of amides is 1. The first-order chi connectivity index (χ1) is 14.8. The van der Waals surface area contributed by atoms with Gasteiger partial charge in [-0.3, -0.25) is 18.8 Å². The highest BCUT2D eigenvalue weighted by molar-refractivity contribution is 6.32. The third-order valence-electron chi connectivity index (χ3n) is 4.87. The number of hydrogen-bond acceptors (Lipinski definition) is 5. The lowest BCUT2D eigenvalue weighted by Crippen LogP contribution is -2.32. The van der Waals surface area contributed by atoms with Gasteiger partial charge in [-0.2, -0.15) is 5.10 Å². The first-order valence-corrected chi connectivity index (χ1v) is 9.75. The van der Waals surface area contributed by atoms with Gasteiger partial charge in [0.05, 0.1) is 40.6 Å². The van der Waals surface area contributed by atoms with Gasteiger partial charge in [0.25, 0.3) is 5.56 Å². The molecule has 4 aromatic rings. The molecule has 0 radical (unpaired) electrons. The van der Waals surface area contributed by atoms with Gasteiger partial charge in [-0.15, -0.1) is 0 Å². The summed E-state index contributed by atoms with van der Waals surface area (Å²) in [5, 5.41) is 7.72. The van der Waals surface area contributed by atoms with Crippen LogP contribution in [0.4, 0.5) is 10.2 Å². The summed E-state index contributed by atoms with van der Waals surface area (Å²) in [5.41, 5.74) is 6.34. The quantitative estimate of drug-likeness (QED) is 0.479. The van der Waals surface area contributed by atoms with Crippen molar-refractivity contribution in [1.29, 1.82) is 0 Å². The van der Waals surface area contributed by atoms with Gasteiger partial charge in [-0.25, -0.2) is 9.37 Å². The molecule has 31 heavy (non-hydrogen) atoms. The molecule has 158 valence electrons. The molecule has 4 rings (SSSR count). The van der Waals surface area contributed by atoms with Crippen molar-refractivity contribution in [3.8, 4) is 5.69 Å². The zero-order chi connectivity index (χ0) is 22.1. The smallest absolute Gasteiger partial charge is 0.266 e. The molecular weight excluding hydrogens is 423 g/mol. The number of nitrogens with zero attached hydrogens (tertiary/aromatic N) is 4. The molecule has 3 N–H and O–H groups in total. The minimum absolute atomic E-state index is 0.189. The second-order valence-electron chi connectivity index (χ2n) is 6.97. The summed E-state index contributed by atoms with van der Waals surface area (Å²) in [7, 11) is 0. The SMILES string of the molecule is CC(Nc1cc(-n2ccc3c(cnn3Cc3ccccc3F)c2=O)c(Cl)cn1)C(N)=O. The fourth-order valence-electron chi connectivity index (χ4n) is 3.17. The van der Waals surface area contributed by atoms with Crippen LogP contribution in [0.3, 0.4) is 0 Å². The second-order valence-corrected chi connectivity index (χ2v) is 7.38. The van der Waals surface area contributed by atoms with Crippen molar-refractivity contribution in [1.82, 2.24) is 19.3 Å². The van der Waals surface area contributed by atoms with E-state index < -0.39 is 11.9 Å². The zero-order valence-electron chi connectivity index (χ0n) is 16.4. The summed E-state index contributed by atoms with van der Waals surface area (Å²) < 4.78 is 16.9. The molecule has 0 aliphatic rings. The highest BCUT2D eigenvalue weighted by Crippen LogP contribution is 2.23. The molecule has 0 bridgehead atoms. The summed E-state index contributed by atoms with van der Waals surface area (Å²) in [6.07, 6.45) is 4.39. The highest BCUT2D eigenvalue weighted by Gasteiger charge is 2.15. The Morgan fingerprint density at radius 2 is 2.06 bits per heavy atom. The number of primary amides is 1. The Hall–Kier alpha value is -3.72. The van der Waals surface area contributed by atoms with E-state index in [2.05, 4.69) is 15.4 Å². The van der Waals surface area contributed by atoms with Crippen LogP contribution in [-0.2, 0) is 11.3 Å². The molecule has 3 aromatic heterocycles. The number of carbonyl (C=O) groups excluding carboxylic acids is 1. The van der Waals surface area contributed by atoms with Crippen molar-refractivity contribution in [2.75, 3.05) is 5.32 Å². The average Bonchev–Trinajstić information content (AvgIpc) is 3.15. The lowest BCUT2D eigenvalue weighted by atomic mass is 10.2. The molecule has 0 aliphatic heterocycles. The Balaban J connectivity index is 1.73. The van der Waals surface area contributed by atoms with Crippen molar-refractivity contribution in [3.63, 3.8) is 0 Å². The molecule has 1 aromatic carbocycles. The monoisotopic (exact) mass is 440 g/mol. The van der Waals surface area contributed by atoms with Gasteiger partial charge in [0.15, 0.2) is 0 Å². The van der Waals surface area contributed by atoms with Gasteiger partial charge in [0.2, 0.25) is 5.91 Å². The zero-order valence-corrected chi connectivity index (χ0v) is 17.2. The fraction of sp³-hybridized carbons (Fsp3) is 0.143. The summed E-state index contributed by atoms with van der Waals surface area (Å²) >= 11 is 6.28. The van der Waals surface area contributed by atoms with Crippen LogP contribution in [0.1, 0.15) is 12.5 Å². The van der Waals surface area contributed by atoms with E-state index in [-0.39, 0.29) is 22.9 Å². The summed E-state index contributed by atoms with van der Waals surface area (Å²) in [6, 6.07) is 9.01. The molecule has 1 unspecified atom stereocenters. The topological polar surface area (TPSA) is 108 Å². The number of nitrogens with two attached hydrogens (primary N) is 1. The molecule has 8 nitrogen and oxygen atoms in total. The average molecular weight is 441 g/mol. The lowest BCUT2D eigenvalue weighted by molar-refractivity contribution is -0.118. The van der Waals surface area contributed by atoms with Crippen LogP contribution in [0.5, 0.6) is 0 Å². The van der Waals surface area contributed by atoms with Gasteiger partial charge in [-0.05, 0) is 19.1 Å². The second kappa shape index (κ2) is 8.19. The summed E-state index contributed by atoms with van der Waals surface area (Å²) in [5.74, 6) is -0.541. The van der Waals surface area contributed by atoms with Crippen LogP contribution >= 0.6 is 11.6 Å². The Bertz CT molecular complexity index is 1350. The standard InChI is InChI=1S/C21H18ClFN6O2/c1-12(20(24)30)27-19-8-18(15(22)10-25-19)28-7-6-17-14(21(28)31)9-26-29(17)11-13-4-2-3-5-16(13)23/h2-10,12H,11H2,1H3,(H2,24,30)(H,25,27). The molecule has 0 spiro atoms. The van der Waals surface area contributed by atoms with Gasteiger partial charge >= 0.3 is 0 Å². The Labute approximate surface area is 181 Å². The number of anilines is 1. The van der Waals surface area contributed by atoms with Crippen LogP contribution in [0.25, 0.3) is 16.6 Å². The maximum absolute atomic E-state index is 14.0. The van der Waals surface area contributed by atoms with Crippen molar-refractivity contribution in [2.24, 2.45) is 5.73 Å². The summed E-state index contributed by atoms with van der Waals surface area (Å²) in [4.78, 5) is 28.5. The number of hydrogen-bond donors (Lipinski definition) is 2. The van der Waals surface area contributed by atoms with Crippen LogP contribution in [-0.4, -0.2) is 31.3 Å². The van der Waals surface area contributed by atoms with Crippen LogP contribution < -0.4 is 16.6 Å². The molecule has 1 amide bonds. The van der Waals surface area contributed by atoms with E-state index in [1.807, 2.05) is 0 Å². The number of fused-ring (bicyclic) bond motifs is 1. The third kappa shape index (κ3) is 3.99. The Kier molecular flexibility index (Phi) is 5.43. The van der Waals surface area contributed by atoms with Gasteiger partial charge < -0.3 is 11.1 Å². The Morgan fingerprint density at radius 1 is 1.29 bits per heavy atom. The number of halogens is 2. The molecule has 3 heterocycles. The predicted octanol–water partition coefficient (Wildman–Crippen LogP) is 2.71. The van der Waals surface area contributed by atoms with Crippen LogP contribution in [0.15, 0.2) is 59.8 Å². The van der Waals surface area contributed by atoms with E-state index in [0.717, 1.165) is 0 Å². The maximum Gasteiger partial charge on any atom is 0.266 e. The lowest BCUT2D eigenvalue weighted by Gasteiger charge is -2.14. The molecule has 10 heteroatoms. The number of rotatable bonds is 6. The van der Waals surface area contributed by atoms with Crippen molar-refractivity contribution in [2.45, 2.75) is 19.5 Å². The number of carbonyl (C=O) groups is 1. The van der Waals surface area contributed by atoms with Crippen LogP contribution in [0, 0.1) is 5.82 Å². The van der Waals surface area contributed by atoms with E-state index in [4.69, 9.17) is 17.3 Å². The number of aromatic nitrogens is 4. The minimum Gasteiger partial charge on any atom is -0.368 e. The van der Waals surface area contributed by atoms with Crippen molar-refractivity contribution in [3.05, 3.63) is 81.7 Å². The van der Waals surface area contributed by atoms with E-state index in [1.54, 1.807) is 48.1 Å². The number of benzene rings is 1. The first-order valence-electron chi connectivity index (χ1n) is 9.37. The first kappa shape index (κ1) is 20.5. The summed E-state index contributed by atoms with van der Waals surface area (Å²) in [6.45, 7) is 1.79. The molecule has 0 aliphatic carbocycles. The van der Waals surface area contributed by atoms with Gasteiger partial charge in [0, 0.05) is 17.8 Å². The number of pyridine rings is 2. The van der Waals surface area contributed by atoms with Crippen molar-refractivity contribution >= 4 is 34.2 Å². The van der Waals surface area contributed by atoms with Gasteiger partial charge in [-0.1, -0.05) is 29.8 Å². The molecule has 0 fully saturated rings. The Morgan fingerprint density at radius 3 is 2.81 bits per heavy atom. The fourth-order valence-corrected chi connectivity index (χ4v) is 3.36. The maximum atomic E-state index is 14.0.